The summed E-state index contributed by atoms with van der Waals surface area (Å²) < 4.78 is 0. The van der Waals surface area contributed by atoms with Crippen molar-refractivity contribution in [2.75, 3.05) is 5.73 Å². The number of nitrogens with two attached hydrogens (primary N) is 1. The summed E-state index contributed by atoms with van der Waals surface area (Å²) >= 11 is 5.67. The summed E-state index contributed by atoms with van der Waals surface area (Å²) in [7, 11) is 0. The van der Waals surface area contributed by atoms with Crippen LogP contribution >= 0.6 is 11.6 Å². The van der Waals surface area contributed by atoms with Gasteiger partial charge in [0.1, 0.15) is 16.7 Å². The maximum absolute atomic E-state index is 5.67. The molecule has 0 bridgehead atoms. The summed E-state index contributed by atoms with van der Waals surface area (Å²) in [6.07, 6.45) is 4.53. The van der Waals surface area contributed by atoms with Gasteiger partial charge in [-0.05, 0) is 6.07 Å². The lowest BCUT2D eigenvalue weighted by Crippen LogP contribution is -1.96. The van der Waals surface area contributed by atoms with Crippen LogP contribution in [-0.2, 0) is 0 Å². The van der Waals surface area contributed by atoms with Crippen LogP contribution in [0.3, 0.4) is 0 Å². The van der Waals surface area contributed by atoms with Gasteiger partial charge >= 0.3 is 0 Å². The van der Waals surface area contributed by atoms with E-state index in [1.807, 2.05) is 0 Å². The highest BCUT2D eigenvalue weighted by molar-refractivity contribution is 6.29. The Hall–Kier alpha value is -1.75. The Bertz CT molecular complexity index is 415. The molecule has 0 saturated carbocycles. The first-order valence-electron chi connectivity index (χ1n) is 3.82. The first kappa shape index (κ1) is 8.83. The van der Waals surface area contributed by atoms with Crippen molar-refractivity contribution in [1.82, 2.24) is 19.9 Å². The van der Waals surface area contributed by atoms with E-state index < -0.39 is 0 Å². The third-order valence-electron chi connectivity index (χ3n) is 1.51. The van der Waals surface area contributed by atoms with Crippen LogP contribution in [0.15, 0.2) is 24.7 Å². The van der Waals surface area contributed by atoms with Gasteiger partial charge in [0, 0.05) is 6.20 Å². The van der Waals surface area contributed by atoms with Crippen LogP contribution in [0.1, 0.15) is 0 Å². The van der Waals surface area contributed by atoms with Crippen LogP contribution in [0.5, 0.6) is 0 Å². The van der Waals surface area contributed by atoms with Gasteiger partial charge in [0.05, 0.1) is 12.4 Å². The molecule has 0 amide bonds. The van der Waals surface area contributed by atoms with E-state index >= 15 is 0 Å². The molecule has 0 aliphatic heterocycles. The van der Waals surface area contributed by atoms with Gasteiger partial charge in [-0.2, -0.15) is 0 Å². The third-order valence-corrected chi connectivity index (χ3v) is 1.69. The molecule has 0 aliphatic carbocycles. The maximum atomic E-state index is 5.67. The van der Waals surface area contributed by atoms with Gasteiger partial charge in [0.2, 0.25) is 0 Å². The van der Waals surface area contributed by atoms with Crippen LogP contribution < -0.4 is 5.73 Å². The highest BCUT2D eigenvalue weighted by Crippen LogP contribution is 2.13. The molecule has 0 aliphatic rings. The van der Waals surface area contributed by atoms with Crippen molar-refractivity contribution in [3.8, 4) is 11.5 Å². The lowest BCUT2D eigenvalue weighted by Gasteiger charge is -1.98. The highest BCUT2D eigenvalue weighted by Gasteiger charge is 2.03. The summed E-state index contributed by atoms with van der Waals surface area (Å²) in [5, 5.41) is 0.300. The van der Waals surface area contributed by atoms with Gasteiger partial charge in [0.15, 0.2) is 5.82 Å². The lowest BCUT2D eigenvalue weighted by molar-refractivity contribution is 1.12. The second-order valence-corrected chi connectivity index (χ2v) is 2.92. The van der Waals surface area contributed by atoms with Gasteiger partial charge in [-0.15, -0.1) is 0 Å². The minimum Gasteiger partial charge on any atom is -0.384 e. The van der Waals surface area contributed by atoms with Crippen LogP contribution in [0.25, 0.3) is 11.5 Å². The van der Waals surface area contributed by atoms with Crippen LogP contribution in [0.2, 0.25) is 5.15 Å². The predicted molar refractivity (Wildman–Crippen MR) is 52.5 cm³/mol. The van der Waals surface area contributed by atoms with E-state index in [1.54, 1.807) is 12.3 Å². The van der Waals surface area contributed by atoms with Crippen molar-refractivity contribution in [1.29, 1.82) is 0 Å². The van der Waals surface area contributed by atoms with Gasteiger partial charge in [0.25, 0.3) is 0 Å². The quantitative estimate of drug-likeness (QED) is 0.760. The lowest BCUT2D eigenvalue weighted by atomic mass is 10.4. The van der Waals surface area contributed by atoms with E-state index in [2.05, 4.69) is 19.9 Å². The molecule has 0 aromatic carbocycles. The minimum absolute atomic E-state index is 0.300. The second-order valence-electron chi connectivity index (χ2n) is 2.53. The zero-order chi connectivity index (χ0) is 9.97. The van der Waals surface area contributed by atoms with E-state index in [-0.39, 0.29) is 0 Å². The fourth-order valence-electron chi connectivity index (χ4n) is 0.946. The molecule has 0 spiro atoms. The van der Waals surface area contributed by atoms with Crippen LogP contribution in [0.4, 0.5) is 5.82 Å². The monoisotopic (exact) mass is 207 g/mol. The molecule has 0 atom stereocenters. The molecular weight excluding hydrogens is 202 g/mol. The minimum atomic E-state index is 0.300. The van der Waals surface area contributed by atoms with E-state index in [4.69, 9.17) is 17.3 Å². The summed E-state index contributed by atoms with van der Waals surface area (Å²) in [6.45, 7) is 0. The Morgan fingerprint density at radius 3 is 2.79 bits per heavy atom. The summed E-state index contributed by atoms with van der Waals surface area (Å²) in [5.41, 5.74) is 6.01. The normalized spacial score (nSPS) is 10.1. The number of nitrogen functional groups attached to an aromatic ring is 1. The zero-order valence-corrected chi connectivity index (χ0v) is 7.81. The zero-order valence-electron chi connectivity index (χ0n) is 7.05. The topological polar surface area (TPSA) is 77.6 Å². The van der Waals surface area contributed by atoms with Crippen molar-refractivity contribution < 1.29 is 0 Å². The average molecular weight is 208 g/mol. The number of hydrogen-bond acceptors (Lipinski definition) is 5. The molecule has 0 unspecified atom stereocenters. The van der Waals surface area contributed by atoms with Gasteiger partial charge in [-0.3, -0.25) is 4.98 Å². The summed E-state index contributed by atoms with van der Waals surface area (Å²) in [6, 6.07) is 1.60. The van der Waals surface area contributed by atoms with Crippen molar-refractivity contribution in [2.45, 2.75) is 0 Å². The van der Waals surface area contributed by atoms with E-state index in [9.17, 15) is 0 Å². The van der Waals surface area contributed by atoms with E-state index in [0.29, 0.717) is 22.5 Å². The number of rotatable bonds is 1. The smallest absolute Gasteiger partial charge is 0.181 e. The third kappa shape index (κ3) is 1.77. The fourth-order valence-corrected chi connectivity index (χ4v) is 1.09. The molecule has 2 aromatic rings. The largest absolute Gasteiger partial charge is 0.384 e. The standard InChI is InChI=1S/C8H6ClN5/c9-6-4-11-3-5(13-6)8-12-2-1-7(10)14-8/h1-4H,(H2,10,12,14). The summed E-state index contributed by atoms with van der Waals surface area (Å²) in [5.74, 6) is 0.803. The second kappa shape index (κ2) is 3.55. The highest BCUT2D eigenvalue weighted by atomic mass is 35.5. The van der Waals surface area contributed by atoms with Gasteiger partial charge in [-0.1, -0.05) is 11.6 Å². The van der Waals surface area contributed by atoms with Crippen molar-refractivity contribution in [3.05, 3.63) is 29.8 Å². The predicted octanol–water partition coefficient (Wildman–Crippen LogP) is 1.17. The molecule has 2 rings (SSSR count). The molecule has 6 heteroatoms. The molecule has 14 heavy (non-hydrogen) atoms. The SMILES string of the molecule is Nc1ccnc(-c2cncc(Cl)n2)n1. The average Bonchev–Trinajstić information content (AvgIpc) is 2.18. The van der Waals surface area contributed by atoms with Crippen LogP contribution in [0, 0.1) is 0 Å². The molecule has 2 heterocycles. The first-order chi connectivity index (χ1) is 6.75. The Kier molecular flexibility index (Phi) is 2.24. The molecule has 5 nitrogen and oxygen atoms in total. The molecule has 2 aromatic heterocycles. The maximum Gasteiger partial charge on any atom is 0.181 e. The van der Waals surface area contributed by atoms with E-state index in [1.165, 1.54) is 12.4 Å². The molecule has 2 N–H and O–H groups in total. The van der Waals surface area contributed by atoms with Crippen molar-refractivity contribution in [3.63, 3.8) is 0 Å². The molecular formula is C8H6ClN5. The fraction of sp³-hybridized carbons (Fsp3) is 0. The Morgan fingerprint density at radius 1 is 1.21 bits per heavy atom. The van der Waals surface area contributed by atoms with E-state index in [0.717, 1.165) is 0 Å². The van der Waals surface area contributed by atoms with Crippen molar-refractivity contribution >= 4 is 17.4 Å². The Morgan fingerprint density at radius 2 is 2.07 bits per heavy atom. The van der Waals surface area contributed by atoms with Crippen LogP contribution in [-0.4, -0.2) is 19.9 Å². The number of anilines is 1. The van der Waals surface area contributed by atoms with Gasteiger partial charge in [-0.25, -0.2) is 15.0 Å². The first-order valence-corrected chi connectivity index (χ1v) is 4.20. The summed E-state index contributed by atoms with van der Waals surface area (Å²) in [4.78, 5) is 15.9. The molecule has 0 fully saturated rings. The van der Waals surface area contributed by atoms with Crippen molar-refractivity contribution in [2.24, 2.45) is 0 Å². The number of nitrogens with zero attached hydrogens (tertiary/aromatic N) is 4. The number of aromatic nitrogens is 4. The molecule has 0 radical (unpaired) electrons. The Labute approximate surface area is 85.0 Å². The number of halogens is 1. The van der Waals surface area contributed by atoms with Gasteiger partial charge < -0.3 is 5.73 Å². The molecule has 70 valence electrons. The number of hydrogen-bond donors (Lipinski definition) is 1. The Balaban J connectivity index is 2.49. The molecule has 0 saturated heterocycles.